The van der Waals surface area contributed by atoms with Crippen LogP contribution in [0.5, 0.6) is 0 Å². The van der Waals surface area contributed by atoms with Gasteiger partial charge in [-0.15, -0.1) is 0 Å². The van der Waals surface area contributed by atoms with Crippen molar-refractivity contribution >= 4 is 5.91 Å². The molecule has 0 saturated carbocycles. The van der Waals surface area contributed by atoms with Gasteiger partial charge in [-0.2, -0.15) is 0 Å². The number of nitrogens with one attached hydrogen (secondary N) is 2. The third-order valence-corrected chi connectivity index (χ3v) is 4.05. The van der Waals surface area contributed by atoms with Gasteiger partial charge in [0.15, 0.2) is 0 Å². The summed E-state index contributed by atoms with van der Waals surface area (Å²) in [5, 5.41) is 6.41. The lowest BCUT2D eigenvalue weighted by Gasteiger charge is -2.29. The minimum absolute atomic E-state index is 0.159. The van der Waals surface area contributed by atoms with Gasteiger partial charge < -0.3 is 15.4 Å². The molecule has 2 unspecified atom stereocenters. The summed E-state index contributed by atoms with van der Waals surface area (Å²) in [5.41, 5.74) is -0.311. The first kappa shape index (κ1) is 12.8. The Morgan fingerprint density at radius 1 is 1.47 bits per heavy atom. The van der Waals surface area contributed by atoms with Crippen molar-refractivity contribution in [3.63, 3.8) is 0 Å². The van der Waals surface area contributed by atoms with Gasteiger partial charge in [-0.3, -0.25) is 4.79 Å². The van der Waals surface area contributed by atoms with Crippen LogP contribution >= 0.6 is 0 Å². The van der Waals surface area contributed by atoms with Gasteiger partial charge in [0.25, 0.3) is 0 Å². The molecule has 2 rings (SSSR count). The average Bonchev–Trinajstić information content (AvgIpc) is 2.87. The third-order valence-electron chi connectivity index (χ3n) is 4.05. The summed E-state index contributed by atoms with van der Waals surface area (Å²) < 4.78 is 5.62. The van der Waals surface area contributed by atoms with E-state index in [4.69, 9.17) is 4.74 Å². The highest BCUT2D eigenvalue weighted by atomic mass is 16.5. The highest BCUT2D eigenvalue weighted by Gasteiger charge is 2.39. The molecule has 0 bridgehead atoms. The van der Waals surface area contributed by atoms with Crippen molar-refractivity contribution < 1.29 is 9.53 Å². The molecule has 2 heterocycles. The molecule has 2 fully saturated rings. The molecule has 2 aliphatic heterocycles. The predicted octanol–water partition coefficient (Wildman–Crippen LogP) is 1.20. The standard InChI is InChI=1S/C13H24N2O2/c1-2-13(7-5-8-15-13)12(16)14-10-11-6-3-4-9-17-11/h11,15H,2-10H2,1H3,(H,14,16). The molecule has 2 atom stereocenters. The zero-order valence-electron chi connectivity index (χ0n) is 10.8. The first-order valence-corrected chi connectivity index (χ1v) is 6.92. The number of hydrogen-bond acceptors (Lipinski definition) is 3. The molecule has 0 radical (unpaired) electrons. The fraction of sp³-hybridized carbons (Fsp3) is 0.923. The molecule has 1 amide bonds. The van der Waals surface area contributed by atoms with E-state index in [1.165, 1.54) is 6.42 Å². The molecule has 2 N–H and O–H groups in total. The number of amides is 1. The van der Waals surface area contributed by atoms with Gasteiger partial charge in [0, 0.05) is 13.2 Å². The Hall–Kier alpha value is -0.610. The SMILES string of the molecule is CCC1(C(=O)NCC2CCCCO2)CCCN1. The lowest BCUT2D eigenvalue weighted by atomic mass is 9.93. The van der Waals surface area contributed by atoms with Crippen LogP contribution in [-0.4, -0.2) is 37.2 Å². The molecule has 2 saturated heterocycles. The van der Waals surface area contributed by atoms with E-state index >= 15 is 0 Å². The second-order valence-electron chi connectivity index (χ2n) is 5.16. The van der Waals surface area contributed by atoms with Crippen LogP contribution in [0.1, 0.15) is 45.4 Å². The van der Waals surface area contributed by atoms with Gasteiger partial charge in [0.05, 0.1) is 11.6 Å². The van der Waals surface area contributed by atoms with E-state index in [1.807, 2.05) is 0 Å². The topological polar surface area (TPSA) is 50.4 Å². The van der Waals surface area contributed by atoms with Crippen molar-refractivity contribution in [2.45, 2.75) is 57.1 Å². The van der Waals surface area contributed by atoms with E-state index in [2.05, 4.69) is 17.6 Å². The van der Waals surface area contributed by atoms with Gasteiger partial charge in [-0.1, -0.05) is 6.92 Å². The van der Waals surface area contributed by atoms with E-state index in [0.717, 1.165) is 45.3 Å². The maximum absolute atomic E-state index is 12.2. The van der Waals surface area contributed by atoms with Crippen LogP contribution in [0, 0.1) is 0 Å². The Kier molecular flexibility index (Phi) is 4.40. The molecule has 2 aliphatic rings. The summed E-state index contributed by atoms with van der Waals surface area (Å²) in [6.45, 7) is 4.55. The second kappa shape index (κ2) is 5.83. The van der Waals surface area contributed by atoms with E-state index in [1.54, 1.807) is 0 Å². The maximum atomic E-state index is 12.2. The zero-order valence-corrected chi connectivity index (χ0v) is 10.8. The van der Waals surface area contributed by atoms with Crippen molar-refractivity contribution in [1.82, 2.24) is 10.6 Å². The first-order valence-electron chi connectivity index (χ1n) is 6.92. The molecular weight excluding hydrogens is 216 g/mol. The molecule has 98 valence electrons. The summed E-state index contributed by atoms with van der Waals surface area (Å²) >= 11 is 0. The lowest BCUT2D eigenvalue weighted by molar-refractivity contribution is -0.128. The van der Waals surface area contributed by atoms with E-state index < -0.39 is 0 Å². The molecule has 4 nitrogen and oxygen atoms in total. The number of rotatable bonds is 4. The number of carbonyl (C=O) groups is 1. The van der Waals surface area contributed by atoms with E-state index in [9.17, 15) is 4.79 Å². The Balaban J connectivity index is 1.79. The summed E-state index contributed by atoms with van der Waals surface area (Å²) in [5.74, 6) is 0.159. The molecule has 0 spiro atoms. The Labute approximate surface area is 103 Å². The fourth-order valence-corrected chi connectivity index (χ4v) is 2.81. The number of carbonyl (C=O) groups excluding carboxylic acids is 1. The minimum Gasteiger partial charge on any atom is -0.376 e. The molecule has 17 heavy (non-hydrogen) atoms. The highest BCUT2D eigenvalue weighted by molar-refractivity contribution is 5.86. The van der Waals surface area contributed by atoms with Crippen molar-refractivity contribution in [3.8, 4) is 0 Å². The monoisotopic (exact) mass is 240 g/mol. The molecule has 0 aromatic carbocycles. The van der Waals surface area contributed by atoms with Gasteiger partial charge in [0.2, 0.25) is 5.91 Å². The van der Waals surface area contributed by atoms with Crippen molar-refractivity contribution in [2.75, 3.05) is 19.7 Å². The van der Waals surface area contributed by atoms with Crippen LogP contribution in [0.2, 0.25) is 0 Å². The molecule has 4 heteroatoms. The Bertz CT molecular complexity index is 256. The Morgan fingerprint density at radius 3 is 2.94 bits per heavy atom. The second-order valence-corrected chi connectivity index (χ2v) is 5.16. The van der Waals surface area contributed by atoms with Gasteiger partial charge >= 0.3 is 0 Å². The van der Waals surface area contributed by atoms with Crippen LogP contribution in [0.4, 0.5) is 0 Å². The van der Waals surface area contributed by atoms with Crippen LogP contribution in [0.3, 0.4) is 0 Å². The summed E-state index contributed by atoms with van der Waals surface area (Å²) in [4.78, 5) is 12.2. The van der Waals surface area contributed by atoms with Crippen LogP contribution in [0.25, 0.3) is 0 Å². The first-order chi connectivity index (χ1) is 8.27. The summed E-state index contributed by atoms with van der Waals surface area (Å²) in [7, 11) is 0. The van der Waals surface area contributed by atoms with Gasteiger partial charge in [-0.05, 0) is 45.1 Å². The minimum atomic E-state index is -0.311. The van der Waals surface area contributed by atoms with Crippen LogP contribution in [0.15, 0.2) is 0 Å². The lowest BCUT2D eigenvalue weighted by Crippen LogP contribution is -2.54. The molecular formula is C13H24N2O2. The van der Waals surface area contributed by atoms with Crippen molar-refractivity contribution in [3.05, 3.63) is 0 Å². The molecule has 0 aromatic heterocycles. The quantitative estimate of drug-likeness (QED) is 0.776. The molecule has 0 aromatic rings. The fourth-order valence-electron chi connectivity index (χ4n) is 2.81. The van der Waals surface area contributed by atoms with Crippen LogP contribution in [-0.2, 0) is 9.53 Å². The average molecular weight is 240 g/mol. The van der Waals surface area contributed by atoms with Gasteiger partial charge in [0.1, 0.15) is 0 Å². The third kappa shape index (κ3) is 2.99. The predicted molar refractivity (Wildman–Crippen MR) is 66.9 cm³/mol. The van der Waals surface area contributed by atoms with E-state index in [-0.39, 0.29) is 17.6 Å². The van der Waals surface area contributed by atoms with Crippen LogP contribution < -0.4 is 10.6 Å². The zero-order chi connectivity index (χ0) is 12.1. The van der Waals surface area contributed by atoms with E-state index in [0.29, 0.717) is 6.54 Å². The molecule has 0 aliphatic carbocycles. The van der Waals surface area contributed by atoms with Crippen molar-refractivity contribution in [1.29, 1.82) is 0 Å². The van der Waals surface area contributed by atoms with Crippen molar-refractivity contribution in [2.24, 2.45) is 0 Å². The largest absolute Gasteiger partial charge is 0.376 e. The summed E-state index contributed by atoms with van der Waals surface area (Å²) in [6.07, 6.45) is 6.60. The normalized spacial score (nSPS) is 33.6. The number of ether oxygens (including phenoxy) is 1. The Morgan fingerprint density at radius 2 is 2.35 bits per heavy atom. The number of hydrogen-bond donors (Lipinski definition) is 2. The smallest absolute Gasteiger partial charge is 0.240 e. The maximum Gasteiger partial charge on any atom is 0.240 e. The highest BCUT2D eigenvalue weighted by Crippen LogP contribution is 2.23. The summed E-state index contributed by atoms with van der Waals surface area (Å²) in [6, 6.07) is 0. The van der Waals surface area contributed by atoms with Gasteiger partial charge in [-0.25, -0.2) is 0 Å².